The highest BCUT2D eigenvalue weighted by molar-refractivity contribution is 4.76. The van der Waals surface area contributed by atoms with Gasteiger partial charge in [0, 0.05) is 0 Å². The van der Waals surface area contributed by atoms with Crippen molar-refractivity contribution >= 4 is 0 Å². The first kappa shape index (κ1) is 15.0. The molecule has 0 aliphatic heterocycles. The van der Waals surface area contributed by atoms with E-state index in [-0.39, 0.29) is 6.10 Å². The third-order valence-corrected chi connectivity index (χ3v) is 4.05. The molecule has 1 aliphatic carbocycles. The molecule has 2 unspecified atom stereocenters. The molecule has 0 aromatic carbocycles. The van der Waals surface area contributed by atoms with Gasteiger partial charge in [-0.05, 0) is 42.9 Å². The second kappa shape index (κ2) is 6.78. The van der Waals surface area contributed by atoms with Crippen molar-refractivity contribution < 1.29 is 5.11 Å². The van der Waals surface area contributed by atoms with Crippen LogP contribution in [0.25, 0.3) is 0 Å². The fourth-order valence-corrected chi connectivity index (χ4v) is 3.43. The van der Waals surface area contributed by atoms with Crippen molar-refractivity contribution in [3.8, 4) is 0 Å². The molecule has 1 aliphatic rings. The van der Waals surface area contributed by atoms with E-state index in [9.17, 15) is 5.11 Å². The summed E-state index contributed by atoms with van der Waals surface area (Å²) in [6.45, 7) is 9.18. The zero-order chi connectivity index (χ0) is 12.9. The van der Waals surface area contributed by atoms with Gasteiger partial charge in [-0.25, -0.2) is 0 Å². The van der Waals surface area contributed by atoms with Crippen LogP contribution in [0.2, 0.25) is 0 Å². The second-order valence-electron chi connectivity index (χ2n) is 7.42. The number of aliphatic hydroxyl groups excluding tert-OH is 1. The lowest BCUT2D eigenvalue weighted by Gasteiger charge is -2.28. The van der Waals surface area contributed by atoms with Gasteiger partial charge in [0.1, 0.15) is 0 Å². The number of hydrogen-bond donors (Lipinski definition) is 1. The summed E-state index contributed by atoms with van der Waals surface area (Å²) in [6, 6.07) is 0. The van der Waals surface area contributed by atoms with Crippen molar-refractivity contribution in [3.63, 3.8) is 0 Å². The Morgan fingerprint density at radius 2 is 1.59 bits per heavy atom. The van der Waals surface area contributed by atoms with E-state index >= 15 is 0 Å². The van der Waals surface area contributed by atoms with Crippen LogP contribution in [-0.4, -0.2) is 11.2 Å². The molecule has 1 fully saturated rings. The monoisotopic (exact) mass is 240 g/mol. The van der Waals surface area contributed by atoms with Crippen LogP contribution in [0.3, 0.4) is 0 Å². The van der Waals surface area contributed by atoms with Crippen molar-refractivity contribution in [2.45, 2.75) is 85.2 Å². The van der Waals surface area contributed by atoms with E-state index in [0.29, 0.717) is 17.3 Å². The first-order valence-electron chi connectivity index (χ1n) is 7.56. The Labute approximate surface area is 108 Å². The van der Waals surface area contributed by atoms with Crippen LogP contribution in [0.15, 0.2) is 0 Å². The van der Waals surface area contributed by atoms with Crippen LogP contribution in [-0.2, 0) is 0 Å². The van der Waals surface area contributed by atoms with Crippen molar-refractivity contribution in [1.82, 2.24) is 0 Å². The topological polar surface area (TPSA) is 20.2 Å². The maximum atomic E-state index is 10.4. The standard InChI is InChI=1S/C16H32O/c1-13(12-16(2,3)4)11-15(17)14-9-7-5-6-8-10-14/h13-15,17H,5-12H2,1-4H3. The summed E-state index contributed by atoms with van der Waals surface area (Å²) in [4.78, 5) is 0. The Bertz CT molecular complexity index is 196. The van der Waals surface area contributed by atoms with Gasteiger partial charge < -0.3 is 5.11 Å². The molecule has 1 nitrogen and oxygen atoms in total. The van der Waals surface area contributed by atoms with E-state index in [0.717, 1.165) is 6.42 Å². The Kier molecular flexibility index (Phi) is 5.99. The highest BCUT2D eigenvalue weighted by Gasteiger charge is 2.24. The van der Waals surface area contributed by atoms with E-state index in [1.165, 1.54) is 44.9 Å². The van der Waals surface area contributed by atoms with Crippen LogP contribution < -0.4 is 0 Å². The lowest BCUT2D eigenvalue weighted by Crippen LogP contribution is -2.24. The van der Waals surface area contributed by atoms with E-state index in [1.54, 1.807) is 0 Å². The average molecular weight is 240 g/mol. The summed E-state index contributed by atoms with van der Waals surface area (Å²) in [5.74, 6) is 1.23. The van der Waals surface area contributed by atoms with Gasteiger partial charge in [-0.1, -0.05) is 53.4 Å². The lowest BCUT2D eigenvalue weighted by molar-refractivity contribution is 0.0693. The number of aliphatic hydroxyl groups is 1. The third kappa shape index (κ3) is 6.45. The summed E-state index contributed by atoms with van der Waals surface area (Å²) in [5, 5.41) is 10.4. The minimum atomic E-state index is -0.0505. The zero-order valence-corrected chi connectivity index (χ0v) is 12.3. The maximum absolute atomic E-state index is 10.4. The van der Waals surface area contributed by atoms with Crippen molar-refractivity contribution in [2.75, 3.05) is 0 Å². The molecule has 17 heavy (non-hydrogen) atoms. The summed E-state index contributed by atoms with van der Waals surface area (Å²) >= 11 is 0. The van der Waals surface area contributed by atoms with E-state index in [1.807, 2.05) is 0 Å². The largest absolute Gasteiger partial charge is 0.393 e. The van der Waals surface area contributed by atoms with Gasteiger partial charge in [-0.3, -0.25) is 0 Å². The Morgan fingerprint density at radius 1 is 1.06 bits per heavy atom. The molecule has 0 heterocycles. The van der Waals surface area contributed by atoms with Gasteiger partial charge in [0.05, 0.1) is 6.10 Å². The second-order valence-corrected chi connectivity index (χ2v) is 7.42. The minimum Gasteiger partial charge on any atom is -0.393 e. The Morgan fingerprint density at radius 3 is 2.06 bits per heavy atom. The van der Waals surface area contributed by atoms with Gasteiger partial charge in [0.25, 0.3) is 0 Å². The molecular formula is C16H32O. The maximum Gasteiger partial charge on any atom is 0.0570 e. The molecule has 1 saturated carbocycles. The summed E-state index contributed by atoms with van der Waals surface area (Å²) in [6.07, 6.45) is 10.1. The molecule has 2 atom stereocenters. The molecule has 0 spiro atoms. The minimum absolute atomic E-state index is 0.0505. The van der Waals surface area contributed by atoms with Crippen LogP contribution in [0.5, 0.6) is 0 Å². The molecule has 0 bridgehead atoms. The molecule has 1 N–H and O–H groups in total. The smallest absolute Gasteiger partial charge is 0.0570 e. The van der Waals surface area contributed by atoms with Crippen LogP contribution in [0, 0.1) is 17.3 Å². The Hall–Kier alpha value is -0.0400. The van der Waals surface area contributed by atoms with Crippen molar-refractivity contribution in [2.24, 2.45) is 17.3 Å². The van der Waals surface area contributed by atoms with Gasteiger partial charge in [-0.2, -0.15) is 0 Å². The van der Waals surface area contributed by atoms with Crippen LogP contribution in [0.4, 0.5) is 0 Å². The quantitative estimate of drug-likeness (QED) is 0.701. The van der Waals surface area contributed by atoms with Crippen LogP contribution in [0.1, 0.15) is 79.1 Å². The van der Waals surface area contributed by atoms with Crippen molar-refractivity contribution in [3.05, 3.63) is 0 Å². The summed E-state index contributed by atoms with van der Waals surface area (Å²) in [7, 11) is 0. The molecule has 0 amide bonds. The van der Waals surface area contributed by atoms with Crippen molar-refractivity contribution in [1.29, 1.82) is 0 Å². The average Bonchev–Trinajstić information content (AvgIpc) is 2.41. The van der Waals surface area contributed by atoms with E-state index < -0.39 is 0 Å². The van der Waals surface area contributed by atoms with Gasteiger partial charge in [0.15, 0.2) is 0 Å². The van der Waals surface area contributed by atoms with Gasteiger partial charge in [-0.15, -0.1) is 0 Å². The van der Waals surface area contributed by atoms with E-state index in [4.69, 9.17) is 0 Å². The first-order chi connectivity index (χ1) is 7.88. The molecule has 0 aromatic heterocycles. The fourth-order valence-electron chi connectivity index (χ4n) is 3.43. The molecular weight excluding hydrogens is 208 g/mol. The SMILES string of the molecule is CC(CC(O)C1CCCCCC1)CC(C)(C)C. The number of hydrogen-bond acceptors (Lipinski definition) is 1. The highest BCUT2D eigenvalue weighted by Crippen LogP contribution is 2.31. The predicted octanol–water partition coefficient (Wildman–Crippen LogP) is 4.78. The number of rotatable bonds is 4. The summed E-state index contributed by atoms with van der Waals surface area (Å²) in [5.41, 5.74) is 0.391. The van der Waals surface area contributed by atoms with E-state index in [2.05, 4.69) is 27.7 Å². The molecule has 0 aromatic rings. The van der Waals surface area contributed by atoms with Gasteiger partial charge in [0.2, 0.25) is 0 Å². The zero-order valence-electron chi connectivity index (χ0n) is 12.3. The molecule has 0 saturated heterocycles. The Balaban J connectivity index is 2.33. The molecule has 1 heteroatoms. The fraction of sp³-hybridized carbons (Fsp3) is 1.00. The van der Waals surface area contributed by atoms with Gasteiger partial charge >= 0.3 is 0 Å². The highest BCUT2D eigenvalue weighted by atomic mass is 16.3. The molecule has 1 rings (SSSR count). The third-order valence-electron chi connectivity index (χ3n) is 4.05. The lowest BCUT2D eigenvalue weighted by atomic mass is 9.80. The molecule has 0 radical (unpaired) electrons. The predicted molar refractivity (Wildman–Crippen MR) is 75.1 cm³/mol. The summed E-state index contributed by atoms with van der Waals surface area (Å²) < 4.78 is 0. The first-order valence-corrected chi connectivity index (χ1v) is 7.56. The normalized spacial score (nSPS) is 23.1. The molecule has 102 valence electrons. The van der Waals surface area contributed by atoms with Crippen LogP contribution >= 0.6 is 0 Å².